The molecule has 1 aliphatic rings. The molecule has 0 aromatic carbocycles. The molecule has 2 rings (SSSR count). The SMILES string of the molecule is Cl.O=c1ccc2c([nH]1)CCCNC2. The highest BCUT2D eigenvalue weighted by Crippen LogP contribution is 2.08. The van der Waals surface area contributed by atoms with Gasteiger partial charge in [0.1, 0.15) is 0 Å². The van der Waals surface area contributed by atoms with Crippen LogP contribution in [0.25, 0.3) is 0 Å². The van der Waals surface area contributed by atoms with Crippen LogP contribution in [0, 0.1) is 0 Å². The van der Waals surface area contributed by atoms with Crippen molar-refractivity contribution in [2.24, 2.45) is 0 Å². The lowest BCUT2D eigenvalue weighted by atomic mass is 10.1. The molecule has 0 atom stereocenters. The summed E-state index contributed by atoms with van der Waals surface area (Å²) in [6.45, 7) is 1.92. The lowest BCUT2D eigenvalue weighted by Crippen LogP contribution is -2.13. The third-order valence-corrected chi connectivity index (χ3v) is 2.19. The van der Waals surface area contributed by atoms with E-state index in [-0.39, 0.29) is 18.0 Å². The number of aromatic amines is 1. The molecule has 0 saturated heterocycles. The van der Waals surface area contributed by atoms with Crippen LogP contribution in [-0.4, -0.2) is 11.5 Å². The van der Waals surface area contributed by atoms with E-state index >= 15 is 0 Å². The Kier molecular flexibility index (Phi) is 3.51. The van der Waals surface area contributed by atoms with Gasteiger partial charge >= 0.3 is 0 Å². The van der Waals surface area contributed by atoms with Crippen LogP contribution in [-0.2, 0) is 13.0 Å². The van der Waals surface area contributed by atoms with Crippen molar-refractivity contribution >= 4 is 12.4 Å². The maximum atomic E-state index is 11.0. The fraction of sp³-hybridized carbons (Fsp3) is 0.444. The topological polar surface area (TPSA) is 44.9 Å². The van der Waals surface area contributed by atoms with Crippen molar-refractivity contribution in [1.82, 2.24) is 10.3 Å². The molecule has 0 unspecified atom stereocenters. The van der Waals surface area contributed by atoms with Crippen LogP contribution in [0.5, 0.6) is 0 Å². The molecule has 0 radical (unpaired) electrons. The second kappa shape index (κ2) is 4.44. The first-order chi connectivity index (χ1) is 5.86. The van der Waals surface area contributed by atoms with Crippen molar-refractivity contribution in [3.05, 3.63) is 33.7 Å². The standard InChI is InChI=1S/C9H12N2O.ClH/c12-9-4-3-7-6-10-5-1-2-8(7)11-9;/h3-4,10H,1-2,5-6H2,(H,11,12);1H. The van der Waals surface area contributed by atoms with Gasteiger partial charge < -0.3 is 10.3 Å². The Morgan fingerprint density at radius 1 is 1.31 bits per heavy atom. The van der Waals surface area contributed by atoms with Crippen LogP contribution >= 0.6 is 12.4 Å². The van der Waals surface area contributed by atoms with Crippen molar-refractivity contribution in [2.75, 3.05) is 6.54 Å². The molecule has 0 spiro atoms. The van der Waals surface area contributed by atoms with E-state index in [2.05, 4.69) is 10.3 Å². The van der Waals surface area contributed by atoms with Crippen molar-refractivity contribution in [3.63, 3.8) is 0 Å². The molecule has 2 heterocycles. The molecular formula is C9H13ClN2O. The number of nitrogens with one attached hydrogen (secondary N) is 2. The van der Waals surface area contributed by atoms with Gasteiger partial charge in [0.2, 0.25) is 5.56 Å². The molecule has 0 fully saturated rings. The van der Waals surface area contributed by atoms with E-state index in [9.17, 15) is 4.79 Å². The Labute approximate surface area is 83.0 Å². The van der Waals surface area contributed by atoms with E-state index in [1.165, 1.54) is 5.56 Å². The molecule has 0 saturated carbocycles. The highest BCUT2D eigenvalue weighted by atomic mass is 35.5. The predicted molar refractivity (Wildman–Crippen MR) is 54.3 cm³/mol. The van der Waals surface area contributed by atoms with Gasteiger partial charge in [-0.15, -0.1) is 12.4 Å². The highest BCUT2D eigenvalue weighted by molar-refractivity contribution is 5.85. The number of pyridine rings is 1. The van der Waals surface area contributed by atoms with E-state index in [0.29, 0.717) is 0 Å². The zero-order valence-electron chi connectivity index (χ0n) is 7.30. The summed E-state index contributed by atoms with van der Waals surface area (Å²) in [5.41, 5.74) is 2.34. The summed E-state index contributed by atoms with van der Waals surface area (Å²) in [5.74, 6) is 0. The third kappa shape index (κ3) is 2.32. The van der Waals surface area contributed by atoms with Crippen LogP contribution in [0.15, 0.2) is 16.9 Å². The summed E-state index contributed by atoms with van der Waals surface area (Å²) in [6.07, 6.45) is 2.09. The molecule has 3 nitrogen and oxygen atoms in total. The van der Waals surface area contributed by atoms with Crippen LogP contribution in [0.3, 0.4) is 0 Å². The summed E-state index contributed by atoms with van der Waals surface area (Å²) >= 11 is 0. The lowest BCUT2D eigenvalue weighted by Gasteiger charge is -2.02. The smallest absolute Gasteiger partial charge is 0.248 e. The highest BCUT2D eigenvalue weighted by Gasteiger charge is 2.06. The van der Waals surface area contributed by atoms with Gasteiger partial charge in [-0.05, 0) is 24.9 Å². The number of rotatable bonds is 0. The second-order valence-electron chi connectivity index (χ2n) is 3.11. The largest absolute Gasteiger partial charge is 0.326 e. The third-order valence-electron chi connectivity index (χ3n) is 2.19. The molecule has 1 aromatic rings. The van der Waals surface area contributed by atoms with Gasteiger partial charge in [0.05, 0.1) is 0 Å². The van der Waals surface area contributed by atoms with Gasteiger partial charge in [-0.3, -0.25) is 4.79 Å². The fourth-order valence-corrected chi connectivity index (χ4v) is 1.55. The van der Waals surface area contributed by atoms with E-state index in [4.69, 9.17) is 0 Å². The molecule has 2 N–H and O–H groups in total. The lowest BCUT2D eigenvalue weighted by molar-refractivity contribution is 0.680. The molecule has 4 heteroatoms. The predicted octanol–water partition coefficient (Wildman–Crippen LogP) is 0.833. The summed E-state index contributed by atoms with van der Waals surface area (Å²) < 4.78 is 0. The molecule has 1 aromatic heterocycles. The number of hydrogen-bond donors (Lipinski definition) is 2. The minimum Gasteiger partial charge on any atom is -0.326 e. The van der Waals surface area contributed by atoms with E-state index in [1.54, 1.807) is 6.07 Å². The molecule has 1 aliphatic heterocycles. The molecule has 0 amide bonds. The summed E-state index contributed by atoms with van der Waals surface area (Å²) in [4.78, 5) is 13.8. The van der Waals surface area contributed by atoms with Crippen LogP contribution in [0.2, 0.25) is 0 Å². The maximum Gasteiger partial charge on any atom is 0.248 e. The molecular weight excluding hydrogens is 188 g/mol. The molecule has 72 valence electrons. The maximum absolute atomic E-state index is 11.0. The Bertz CT molecular complexity index is 335. The van der Waals surface area contributed by atoms with E-state index in [0.717, 1.165) is 31.6 Å². The molecule has 13 heavy (non-hydrogen) atoms. The van der Waals surface area contributed by atoms with Gasteiger partial charge in [-0.25, -0.2) is 0 Å². The first kappa shape index (κ1) is 10.3. The average Bonchev–Trinajstić information content (AvgIpc) is 2.28. The van der Waals surface area contributed by atoms with Crippen molar-refractivity contribution < 1.29 is 0 Å². The van der Waals surface area contributed by atoms with Crippen LogP contribution in [0.1, 0.15) is 17.7 Å². The number of aromatic nitrogens is 1. The molecule has 0 aliphatic carbocycles. The van der Waals surface area contributed by atoms with Gasteiger partial charge in [0, 0.05) is 18.3 Å². The van der Waals surface area contributed by atoms with Crippen LogP contribution < -0.4 is 10.9 Å². The quantitative estimate of drug-likeness (QED) is 0.652. The first-order valence-corrected chi connectivity index (χ1v) is 4.28. The number of halogens is 1. The average molecular weight is 201 g/mol. The Morgan fingerprint density at radius 3 is 3.00 bits per heavy atom. The van der Waals surface area contributed by atoms with Crippen LogP contribution in [0.4, 0.5) is 0 Å². The summed E-state index contributed by atoms with van der Waals surface area (Å²) in [5, 5.41) is 3.30. The molecule has 0 bridgehead atoms. The van der Waals surface area contributed by atoms with Gasteiger partial charge in [0.25, 0.3) is 0 Å². The van der Waals surface area contributed by atoms with E-state index in [1.807, 2.05) is 6.07 Å². The minimum atomic E-state index is 0. The van der Waals surface area contributed by atoms with Gasteiger partial charge in [0.15, 0.2) is 0 Å². The monoisotopic (exact) mass is 200 g/mol. The summed E-state index contributed by atoms with van der Waals surface area (Å²) in [6, 6.07) is 3.50. The van der Waals surface area contributed by atoms with Crippen molar-refractivity contribution in [1.29, 1.82) is 0 Å². The zero-order chi connectivity index (χ0) is 8.39. The Morgan fingerprint density at radius 2 is 2.15 bits per heavy atom. The number of aryl methyl sites for hydroxylation is 1. The number of fused-ring (bicyclic) bond motifs is 1. The van der Waals surface area contributed by atoms with E-state index < -0.39 is 0 Å². The Hall–Kier alpha value is -0.800. The van der Waals surface area contributed by atoms with Gasteiger partial charge in [-0.1, -0.05) is 6.07 Å². The number of hydrogen-bond acceptors (Lipinski definition) is 2. The minimum absolute atomic E-state index is 0. The summed E-state index contributed by atoms with van der Waals surface area (Å²) in [7, 11) is 0. The Balaban J connectivity index is 0.000000845. The fourth-order valence-electron chi connectivity index (χ4n) is 1.55. The number of H-pyrrole nitrogens is 1. The normalized spacial score (nSPS) is 15.4. The first-order valence-electron chi connectivity index (χ1n) is 4.28. The van der Waals surface area contributed by atoms with Crippen molar-refractivity contribution in [3.8, 4) is 0 Å². The van der Waals surface area contributed by atoms with Crippen molar-refractivity contribution in [2.45, 2.75) is 19.4 Å². The van der Waals surface area contributed by atoms with Gasteiger partial charge in [-0.2, -0.15) is 0 Å². The second-order valence-corrected chi connectivity index (χ2v) is 3.11. The zero-order valence-corrected chi connectivity index (χ0v) is 8.12.